The van der Waals surface area contributed by atoms with Crippen molar-refractivity contribution in [3.63, 3.8) is 0 Å². The van der Waals surface area contributed by atoms with Crippen LogP contribution in [0.2, 0.25) is 0 Å². The molecule has 154 valence electrons. The molecule has 0 bridgehead atoms. The van der Waals surface area contributed by atoms with Crippen LogP contribution >= 0.6 is 11.8 Å². The number of hydrogen-bond acceptors (Lipinski definition) is 5. The summed E-state index contributed by atoms with van der Waals surface area (Å²) < 4.78 is 5.72. The van der Waals surface area contributed by atoms with E-state index in [4.69, 9.17) is 4.74 Å². The number of nitrogens with one attached hydrogen (secondary N) is 1. The highest BCUT2D eigenvalue weighted by molar-refractivity contribution is 7.98. The van der Waals surface area contributed by atoms with Crippen molar-refractivity contribution in [2.75, 3.05) is 11.9 Å². The molecule has 6 nitrogen and oxygen atoms in total. The molecule has 7 heteroatoms. The lowest BCUT2D eigenvalue weighted by Crippen LogP contribution is -2.14. The van der Waals surface area contributed by atoms with Crippen LogP contribution in [0.5, 0.6) is 5.75 Å². The van der Waals surface area contributed by atoms with E-state index in [9.17, 15) is 14.9 Å². The van der Waals surface area contributed by atoms with Gasteiger partial charge in [-0.05, 0) is 50.2 Å². The molecular weight excluding hydrogens is 400 g/mol. The first-order valence-electron chi connectivity index (χ1n) is 9.48. The standard InChI is InChI=1S/C23H22N2O4S/c1-3-29-22-13-12-17(14-18(22)15-30-19-8-5-4-6-9-19)23(26)24-20-10-7-11-21(16(20)2)25(27)28/h4-14H,3,15H2,1-2H3,(H,24,26). The van der Waals surface area contributed by atoms with Crippen LogP contribution in [0.25, 0.3) is 0 Å². The normalized spacial score (nSPS) is 10.5. The van der Waals surface area contributed by atoms with E-state index in [1.807, 2.05) is 43.3 Å². The van der Waals surface area contributed by atoms with Gasteiger partial charge < -0.3 is 10.1 Å². The summed E-state index contributed by atoms with van der Waals surface area (Å²) in [7, 11) is 0. The quantitative estimate of drug-likeness (QED) is 0.280. The SMILES string of the molecule is CCOc1ccc(C(=O)Nc2cccc([N+](=O)[O-])c2C)cc1CSc1ccccc1. The van der Waals surface area contributed by atoms with Crippen LogP contribution < -0.4 is 10.1 Å². The van der Waals surface area contributed by atoms with Gasteiger partial charge in [-0.3, -0.25) is 14.9 Å². The minimum atomic E-state index is -0.458. The average molecular weight is 423 g/mol. The first-order valence-corrected chi connectivity index (χ1v) is 10.5. The Morgan fingerprint density at radius 3 is 2.57 bits per heavy atom. The number of ether oxygens (including phenoxy) is 1. The molecule has 1 amide bonds. The second-order valence-corrected chi connectivity index (χ2v) is 7.57. The number of hydrogen-bond donors (Lipinski definition) is 1. The van der Waals surface area contributed by atoms with Crippen LogP contribution in [0.15, 0.2) is 71.6 Å². The van der Waals surface area contributed by atoms with E-state index in [-0.39, 0.29) is 11.6 Å². The van der Waals surface area contributed by atoms with Crippen LogP contribution in [0.1, 0.15) is 28.4 Å². The predicted molar refractivity (Wildman–Crippen MR) is 119 cm³/mol. The Balaban J connectivity index is 1.82. The molecule has 0 saturated heterocycles. The van der Waals surface area contributed by atoms with Gasteiger partial charge in [0.25, 0.3) is 11.6 Å². The van der Waals surface area contributed by atoms with E-state index in [1.165, 1.54) is 6.07 Å². The summed E-state index contributed by atoms with van der Waals surface area (Å²) in [6.45, 7) is 4.06. The van der Waals surface area contributed by atoms with Gasteiger partial charge in [-0.2, -0.15) is 0 Å². The maximum absolute atomic E-state index is 12.8. The van der Waals surface area contributed by atoms with Crippen molar-refractivity contribution in [3.05, 3.63) is 93.5 Å². The Hall–Kier alpha value is -3.32. The van der Waals surface area contributed by atoms with Crippen molar-refractivity contribution in [1.82, 2.24) is 0 Å². The second kappa shape index (κ2) is 9.93. The van der Waals surface area contributed by atoms with Gasteiger partial charge in [0.15, 0.2) is 0 Å². The van der Waals surface area contributed by atoms with Gasteiger partial charge in [0.1, 0.15) is 5.75 Å². The van der Waals surface area contributed by atoms with E-state index in [0.29, 0.717) is 29.2 Å². The fraction of sp³-hybridized carbons (Fsp3) is 0.174. The minimum Gasteiger partial charge on any atom is -0.494 e. The zero-order valence-corrected chi connectivity index (χ0v) is 17.6. The van der Waals surface area contributed by atoms with Gasteiger partial charge in [0.05, 0.1) is 22.8 Å². The molecule has 0 heterocycles. The number of carbonyl (C=O) groups excluding carboxylic acids is 1. The molecule has 3 aromatic rings. The highest BCUT2D eigenvalue weighted by Crippen LogP contribution is 2.30. The molecule has 0 aromatic heterocycles. The first-order chi connectivity index (χ1) is 14.5. The van der Waals surface area contributed by atoms with Crippen molar-refractivity contribution in [1.29, 1.82) is 0 Å². The van der Waals surface area contributed by atoms with Crippen LogP contribution in [-0.2, 0) is 5.75 Å². The molecule has 0 fully saturated rings. The number of nitrogens with zero attached hydrogens (tertiary/aromatic N) is 1. The number of amides is 1. The van der Waals surface area contributed by atoms with E-state index in [0.717, 1.165) is 16.2 Å². The van der Waals surface area contributed by atoms with Gasteiger partial charge in [0.2, 0.25) is 0 Å². The van der Waals surface area contributed by atoms with E-state index >= 15 is 0 Å². The van der Waals surface area contributed by atoms with Crippen molar-refractivity contribution in [2.45, 2.75) is 24.5 Å². The van der Waals surface area contributed by atoms with Crippen LogP contribution in [0.3, 0.4) is 0 Å². The zero-order chi connectivity index (χ0) is 21.5. The molecule has 0 radical (unpaired) electrons. The molecule has 3 aromatic carbocycles. The number of anilines is 1. The van der Waals surface area contributed by atoms with Gasteiger partial charge in [-0.1, -0.05) is 24.3 Å². The molecule has 0 aliphatic rings. The Kier molecular flexibility index (Phi) is 7.08. The number of benzene rings is 3. The molecule has 1 N–H and O–H groups in total. The molecule has 0 aliphatic carbocycles. The lowest BCUT2D eigenvalue weighted by Gasteiger charge is -2.13. The Morgan fingerprint density at radius 1 is 1.10 bits per heavy atom. The monoisotopic (exact) mass is 422 g/mol. The molecular formula is C23H22N2O4S. The summed E-state index contributed by atoms with van der Waals surface area (Å²) >= 11 is 1.66. The molecule has 0 atom stereocenters. The molecule has 0 aliphatic heterocycles. The third-order valence-electron chi connectivity index (χ3n) is 4.51. The van der Waals surface area contributed by atoms with Crippen LogP contribution in [0, 0.1) is 17.0 Å². The highest BCUT2D eigenvalue weighted by atomic mass is 32.2. The molecule has 3 rings (SSSR count). The number of thioether (sulfide) groups is 1. The lowest BCUT2D eigenvalue weighted by molar-refractivity contribution is -0.385. The third kappa shape index (κ3) is 5.18. The fourth-order valence-corrected chi connectivity index (χ4v) is 3.86. The summed E-state index contributed by atoms with van der Waals surface area (Å²) in [5.74, 6) is 1.06. The third-order valence-corrected chi connectivity index (χ3v) is 5.57. The summed E-state index contributed by atoms with van der Waals surface area (Å²) in [4.78, 5) is 24.6. The Morgan fingerprint density at radius 2 is 1.87 bits per heavy atom. The summed E-state index contributed by atoms with van der Waals surface area (Å²) in [5, 5.41) is 13.9. The summed E-state index contributed by atoms with van der Waals surface area (Å²) in [6.07, 6.45) is 0. The maximum Gasteiger partial charge on any atom is 0.274 e. The lowest BCUT2D eigenvalue weighted by atomic mass is 10.1. The zero-order valence-electron chi connectivity index (χ0n) is 16.8. The molecule has 30 heavy (non-hydrogen) atoms. The Bertz CT molecular complexity index is 1050. The second-order valence-electron chi connectivity index (χ2n) is 6.52. The van der Waals surface area contributed by atoms with Gasteiger partial charge in [0, 0.05) is 27.8 Å². The summed E-state index contributed by atoms with van der Waals surface area (Å²) in [5.41, 5.74) is 2.19. The Labute approximate surface area is 179 Å². The predicted octanol–water partition coefficient (Wildman–Crippen LogP) is 5.85. The van der Waals surface area contributed by atoms with E-state index < -0.39 is 4.92 Å². The molecule has 0 saturated carbocycles. The number of rotatable bonds is 8. The largest absolute Gasteiger partial charge is 0.494 e. The van der Waals surface area contributed by atoms with Gasteiger partial charge in [-0.25, -0.2) is 0 Å². The van der Waals surface area contributed by atoms with Crippen molar-refractivity contribution < 1.29 is 14.5 Å². The fourth-order valence-electron chi connectivity index (χ4n) is 2.96. The topological polar surface area (TPSA) is 81.5 Å². The first kappa shape index (κ1) is 21.4. The minimum absolute atomic E-state index is 0.0283. The summed E-state index contributed by atoms with van der Waals surface area (Å²) in [6, 6.07) is 19.9. The van der Waals surface area contributed by atoms with E-state index in [1.54, 1.807) is 43.0 Å². The molecule has 0 unspecified atom stereocenters. The number of nitro benzene ring substituents is 1. The van der Waals surface area contributed by atoms with Gasteiger partial charge >= 0.3 is 0 Å². The van der Waals surface area contributed by atoms with Crippen LogP contribution in [0.4, 0.5) is 11.4 Å². The molecule has 0 spiro atoms. The number of nitro groups is 1. The average Bonchev–Trinajstić information content (AvgIpc) is 2.75. The van der Waals surface area contributed by atoms with E-state index in [2.05, 4.69) is 5.32 Å². The maximum atomic E-state index is 12.8. The van der Waals surface area contributed by atoms with Crippen molar-refractivity contribution >= 4 is 29.0 Å². The highest BCUT2D eigenvalue weighted by Gasteiger charge is 2.16. The van der Waals surface area contributed by atoms with Gasteiger partial charge in [-0.15, -0.1) is 11.8 Å². The smallest absolute Gasteiger partial charge is 0.274 e. The van der Waals surface area contributed by atoms with Crippen LogP contribution in [-0.4, -0.2) is 17.4 Å². The van der Waals surface area contributed by atoms with Crippen molar-refractivity contribution in [2.24, 2.45) is 0 Å². The van der Waals surface area contributed by atoms with Crippen molar-refractivity contribution in [3.8, 4) is 5.75 Å². The number of carbonyl (C=O) groups is 1.